The summed E-state index contributed by atoms with van der Waals surface area (Å²) in [6, 6.07) is 13.1. The van der Waals surface area contributed by atoms with E-state index in [1.165, 1.54) is 19.1 Å². The molecule has 3 aromatic rings. The molecule has 0 saturated heterocycles. The third-order valence-electron chi connectivity index (χ3n) is 4.85. The van der Waals surface area contributed by atoms with E-state index in [2.05, 4.69) is 15.7 Å². The van der Waals surface area contributed by atoms with Crippen LogP contribution in [0.15, 0.2) is 48.5 Å². The van der Waals surface area contributed by atoms with Crippen LogP contribution in [0.5, 0.6) is 0 Å². The molecule has 30 heavy (non-hydrogen) atoms. The number of nitrogens with zero attached hydrogens (tertiary/aromatic N) is 2. The first-order valence-electron chi connectivity index (χ1n) is 9.84. The molecule has 0 aliphatic carbocycles. The van der Waals surface area contributed by atoms with Crippen molar-refractivity contribution in [1.29, 1.82) is 0 Å². The summed E-state index contributed by atoms with van der Waals surface area (Å²) in [4.78, 5) is 24.2. The van der Waals surface area contributed by atoms with Gasteiger partial charge in [-0.05, 0) is 62.2 Å². The number of amides is 2. The average molecular weight is 408 g/mol. The molecule has 0 aliphatic heterocycles. The summed E-state index contributed by atoms with van der Waals surface area (Å²) >= 11 is 0. The number of rotatable bonds is 6. The van der Waals surface area contributed by atoms with Gasteiger partial charge in [0.1, 0.15) is 11.6 Å². The highest BCUT2D eigenvalue weighted by Gasteiger charge is 2.19. The lowest BCUT2D eigenvalue weighted by molar-refractivity contribution is -0.114. The Morgan fingerprint density at radius 1 is 1.10 bits per heavy atom. The number of aryl methyl sites for hydroxylation is 1. The van der Waals surface area contributed by atoms with E-state index >= 15 is 0 Å². The first-order valence-corrected chi connectivity index (χ1v) is 9.84. The molecular formula is C23H25FN4O2. The second-order valence-electron chi connectivity index (χ2n) is 7.24. The van der Waals surface area contributed by atoms with E-state index in [9.17, 15) is 14.0 Å². The summed E-state index contributed by atoms with van der Waals surface area (Å²) in [5.41, 5.74) is 3.37. The standard InChI is InChI=1S/C23H25FN4O2/c1-5-14(2)25-23(30)18-8-12-20(13-9-18)28-22(26-16(4)29)21(15(3)27-28)17-6-10-19(24)11-7-17/h6-14H,5H2,1-4H3,(H,25,30)(H,26,29)/t14-/m0/s1. The van der Waals surface area contributed by atoms with Gasteiger partial charge in [0.25, 0.3) is 5.91 Å². The molecule has 2 amide bonds. The van der Waals surface area contributed by atoms with Gasteiger partial charge in [0.15, 0.2) is 0 Å². The second-order valence-corrected chi connectivity index (χ2v) is 7.24. The van der Waals surface area contributed by atoms with Crippen molar-refractivity contribution < 1.29 is 14.0 Å². The molecule has 6 nitrogen and oxygen atoms in total. The number of nitrogens with one attached hydrogen (secondary N) is 2. The number of benzene rings is 2. The highest BCUT2D eigenvalue weighted by Crippen LogP contribution is 2.33. The number of anilines is 1. The van der Waals surface area contributed by atoms with Crippen molar-refractivity contribution in [3.63, 3.8) is 0 Å². The van der Waals surface area contributed by atoms with Crippen LogP contribution in [-0.4, -0.2) is 27.6 Å². The van der Waals surface area contributed by atoms with Crippen LogP contribution in [-0.2, 0) is 4.79 Å². The summed E-state index contributed by atoms with van der Waals surface area (Å²) in [6.45, 7) is 7.21. The van der Waals surface area contributed by atoms with Gasteiger partial charge in [-0.25, -0.2) is 9.07 Å². The van der Waals surface area contributed by atoms with E-state index in [0.717, 1.165) is 12.0 Å². The van der Waals surface area contributed by atoms with E-state index in [0.29, 0.717) is 28.3 Å². The molecule has 3 rings (SSSR count). The SMILES string of the molecule is CC[C@H](C)NC(=O)c1ccc(-n2nc(C)c(-c3ccc(F)cc3)c2NC(C)=O)cc1. The van der Waals surface area contributed by atoms with Crippen molar-refractivity contribution in [2.45, 2.75) is 40.2 Å². The van der Waals surface area contributed by atoms with Crippen LogP contribution in [0, 0.1) is 12.7 Å². The van der Waals surface area contributed by atoms with Crippen molar-refractivity contribution in [1.82, 2.24) is 15.1 Å². The van der Waals surface area contributed by atoms with Gasteiger partial charge >= 0.3 is 0 Å². The Morgan fingerprint density at radius 3 is 2.30 bits per heavy atom. The summed E-state index contributed by atoms with van der Waals surface area (Å²) in [7, 11) is 0. The monoisotopic (exact) mass is 408 g/mol. The molecule has 156 valence electrons. The number of carbonyl (C=O) groups is 2. The van der Waals surface area contributed by atoms with E-state index in [4.69, 9.17) is 0 Å². The Kier molecular flexibility index (Phi) is 6.30. The largest absolute Gasteiger partial charge is 0.350 e. The lowest BCUT2D eigenvalue weighted by Crippen LogP contribution is -2.31. The lowest BCUT2D eigenvalue weighted by Gasteiger charge is -2.13. The summed E-state index contributed by atoms with van der Waals surface area (Å²) < 4.78 is 15.0. The van der Waals surface area contributed by atoms with E-state index in [-0.39, 0.29) is 23.7 Å². The molecule has 0 aliphatic rings. The van der Waals surface area contributed by atoms with Crippen molar-refractivity contribution in [3.8, 4) is 16.8 Å². The molecule has 2 N–H and O–H groups in total. The Labute approximate surface area is 175 Å². The Balaban J connectivity index is 2.01. The highest BCUT2D eigenvalue weighted by molar-refractivity contribution is 5.95. The van der Waals surface area contributed by atoms with Gasteiger partial charge in [0, 0.05) is 24.1 Å². The number of carbonyl (C=O) groups excluding carboxylic acids is 2. The first-order chi connectivity index (χ1) is 14.3. The van der Waals surface area contributed by atoms with E-state index < -0.39 is 0 Å². The normalized spacial score (nSPS) is 11.8. The van der Waals surface area contributed by atoms with Gasteiger partial charge in [0.2, 0.25) is 5.91 Å². The molecule has 7 heteroatoms. The van der Waals surface area contributed by atoms with Crippen molar-refractivity contribution >= 4 is 17.6 Å². The maximum atomic E-state index is 13.4. The van der Waals surface area contributed by atoms with Gasteiger partial charge in [-0.1, -0.05) is 19.1 Å². The van der Waals surface area contributed by atoms with Crippen LogP contribution >= 0.6 is 0 Å². The fourth-order valence-electron chi connectivity index (χ4n) is 3.12. The maximum Gasteiger partial charge on any atom is 0.251 e. The summed E-state index contributed by atoms with van der Waals surface area (Å²) in [5, 5.41) is 10.3. The minimum absolute atomic E-state index is 0.0931. The maximum absolute atomic E-state index is 13.4. The Bertz CT molecular complexity index is 1060. The zero-order valence-corrected chi connectivity index (χ0v) is 17.5. The number of hydrogen-bond acceptors (Lipinski definition) is 3. The molecule has 2 aromatic carbocycles. The van der Waals surface area contributed by atoms with Crippen LogP contribution in [0.4, 0.5) is 10.2 Å². The zero-order valence-electron chi connectivity index (χ0n) is 17.5. The smallest absolute Gasteiger partial charge is 0.251 e. The number of aromatic nitrogens is 2. The molecule has 1 atom stereocenters. The zero-order chi connectivity index (χ0) is 21.8. The predicted molar refractivity (Wildman–Crippen MR) is 115 cm³/mol. The van der Waals surface area contributed by atoms with Gasteiger partial charge in [-0.3, -0.25) is 9.59 Å². The molecule has 0 fully saturated rings. The minimum atomic E-state index is -0.337. The average Bonchev–Trinajstić information content (AvgIpc) is 3.03. The molecule has 0 bridgehead atoms. The van der Waals surface area contributed by atoms with Crippen LogP contribution in [0.1, 0.15) is 43.2 Å². The van der Waals surface area contributed by atoms with E-state index in [1.54, 1.807) is 41.1 Å². The van der Waals surface area contributed by atoms with Crippen LogP contribution < -0.4 is 10.6 Å². The first kappa shape index (κ1) is 21.2. The van der Waals surface area contributed by atoms with Crippen LogP contribution in [0.2, 0.25) is 0 Å². The van der Waals surface area contributed by atoms with Gasteiger partial charge in [-0.2, -0.15) is 5.10 Å². The van der Waals surface area contributed by atoms with Crippen LogP contribution in [0.25, 0.3) is 16.8 Å². The molecular weight excluding hydrogens is 383 g/mol. The fourth-order valence-corrected chi connectivity index (χ4v) is 3.12. The Morgan fingerprint density at radius 2 is 1.73 bits per heavy atom. The third kappa shape index (κ3) is 4.56. The molecule has 0 saturated carbocycles. The molecule has 0 spiro atoms. The highest BCUT2D eigenvalue weighted by atomic mass is 19.1. The van der Waals surface area contributed by atoms with Gasteiger partial charge < -0.3 is 10.6 Å². The minimum Gasteiger partial charge on any atom is -0.350 e. The topological polar surface area (TPSA) is 76.0 Å². The van der Waals surface area contributed by atoms with Crippen LogP contribution in [0.3, 0.4) is 0 Å². The predicted octanol–water partition coefficient (Wildman–Crippen LogP) is 4.47. The lowest BCUT2D eigenvalue weighted by atomic mass is 10.1. The van der Waals surface area contributed by atoms with Gasteiger partial charge in [-0.15, -0.1) is 0 Å². The third-order valence-corrected chi connectivity index (χ3v) is 4.85. The van der Waals surface area contributed by atoms with Crippen molar-refractivity contribution in [2.24, 2.45) is 0 Å². The molecule has 0 unspecified atom stereocenters. The van der Waals surface area contributed by atoms with Crippen molar-refractivity contribution in [2.75, 3.05) is 5.32 Å². The van der Waals surface area contributed by atoms with Gasteiger partial charge in [0.05, 0.1) is 11.4 Å². The number of hydrogen-bond donors (Lipinski definition) is 2. The summed E-state index contributed by atoms with van der Waals surface area (Å²) in [5.74, 6) is -0.231. The van der Waals surface area contributed by atoms with E-state index in [1.807, 2.05) is 20.8 Å². The molecule has 1 heterocycles. The second kappa shape index (κ2) is 8.90. The fraction of sp³-hybridized carbons (Fsp3) is 0.261. The molecule has 0 radical (unpaired) electrons. The number of halogens is 1. The molecule has 1 aromatic heterocycles. The van der Waals surface area contributed by atoms with Crippen molar-refractivity contribution in [3.05, 3.63) is 65.6 Å². The quantitative estimate of drug-likeness (QED) is 0.632. The Hall–Kier alpha value is -3.48. The summed E-state index contributed by atoms with van der Waals surface area (Å²) in [6.07, 6.45) is 0.850.